The number of nitrogens with zero attached hydrogens (tertiary/aromatic N) is 1. The maximum absolute atomic E-state index is 9.89. The van der Waals surface area contributed by atoms with Crippen LogP contribution in [0.15, 0.2) is 42.5 Å². The van der Waals surface area contributed by atoms with Crippen molar-refractivity contribution < 1.29 is 5.11 Å². The standard InChI is InChI=1S/C17H16N2OS/c20-15-6-3-4-11-12(15)8-9-13(11)18-10-17-19-14-5-1-2-7-16(14)21-17/h1-7,13,18,20H,8-10H2. The molecule has 0 aliphatic heterocycles. The van der Waals surface area contributed by atoms with Gasteiger partial charge in [0, 0.05) is 12.6 Å². The van der Waals surface area contributed by atoms with Crippen LogP contribution in [0.5, 0.6) is 5.75 Å². The van der Waals surface area contributed by atoms with Gasteiger partial charge in [0.2, 0.25) is 0 Å². The first-order chi connectivity index (χ1) is 10.3. The largest absolute Gasteiger partial charge is 0.508 e. The Morgan fingerprint density at radius 2 is 2.10 bits per heavy atom. The topological polar surface area (TPSA) is 45.1 Å². The highest BCUT2D eigenvalue weighted by atomic mass is 32.1. The molecule has 0 fully saturated rings. The van der Waals surface area contributed by atoms with Gasteiger partial charge in [-0.05, 0) is 42.2 Å². The lowest BCUT2D eigenvalue weighted by atomic mass is 10.1. The zero-order valence-electron chi connectivity index (χ0n) is 11.5. The van der Waals surface area contributed by atoms with Gasteiger partial charge in [-0.1, -0.05) is 24.3 Å². The third-order valence-corrected chi connectivity index (χ3v) is 5.12. The minimum absolute atomic E-state index is 0.319. The van der Waals surface area contributed by atoms with Crippen molar-refractivity contribution in [2.24, 2.45) is 0 Å². The molecule has 21 heavy (non-hydrogen) atoms. The molecule has 2 N–H and O–H groups in total. The predicted octanol–water partition coefficient (Wildman–Crippen LogP) is 3.78. The summed E-state index contributed by atoms with van der Waals surface area (Å²) in [6, 6.07) is 14.4. The van der Waals surface area contributed by atoms with Crippen LogP contribution in [0.4, 0.5) is 0 Å². The first-order valence-corrected chi connectivity index (χ1v) is 8.01. The number of fused-ring (bicyclic) bond motifs is 2. The average Bonchev–Trinajstić information content (AvgIpc) is 3.09. The van der Waals surface area contributed by atoms with Crippen molar-refractivity contribution >= 4 is 21.6 Å². The van der Waals surface area contributed by atoms with E-state index in [0.717, 1.165) is 35.5 Å². The highest BCUT2D eigenvalue weighted by Gasteiger charge is 2.24. The molecule has 3 nitrogen and oxygen atoms in total. The van der Waals surface area contributed by atoms with Gasteiger partial charge in [-0.3, -0.25) is 0 Å². The van der Waals surface area contributed by atoms with Gasteiger partial charge in [0.15, 0.2) is 0 Å². The summed E-state index contributed by atoms with van der Waals surface area (Å²) in [6.07, 6.45) is 1.98. The third-order valence-electron chi connectivity index (χ3n) is 4.08. The van der Waals surface area contributed by atoms with Gasteiger partial charge in [-0.2, -0.15) is 0 Å². The van der Waals surface area contributed by atoms with Gasteiger partial charge in [0.1, 0.15) is 10.8 Å². The zero-order valence-corrected chi connectivity index (χ0v) is 12.4. The first kappa shape index (κ1) is 12.8. The summed E-state index contributed by atoms with van der Waals surface area (Å²) in [6.45, 7) is 0.777. The molecule has 4 heteroatoms. The predicted molar refractivity (Wildman–Crippen MR) is 85.6 cm³/mol. The van der Waals surface area contributed by atoms with Crippen LogP contribution < -0.4 is 5.32 Å². The van der Waals surface area contributed by atoms with E-state index >= 15 is 0 Å². The van der Waals surface area contributed by atoms with Crippen molar-refractivity contribution in [3.8, 4) is 5.75 Å². The molecule has 0 radical (unpaired) electrons. The van der Waals surface area contributed by atoms with E-state index in [1.165, 1.54) is 10.3 Å². The highest BCUT2D eigenvalue weighted by Crippen LogP contribution is 2.36. The molecule has 1 heterocycles. The number of thiazole rings is 1. The van der Waals surface area contributed by atoms with E-state index in [2.05, 4.69) is 28.5 Å². The summed E-state index contributed by atoms with van der Waals surface area (Å²) in [7, 11) is 0. The molecule has 0 bridgehead atoms. The Morgan fingerprint density at radius 1 is 1.19 bits per heavy atom. The average molecular weight is 296 g/mol. The maximum atomic E-state index is 9.89. The second-order valence-corrected chi connectivity index (χ2v) is 6.51. The monoisotopic (exact) mass is 296 g/mol. The number of benzene rings is 2. The van der Waals surface area contributed by atoms with Crippen LogP contribution >= 0.6 is 11.3 Å². The lowest BCUT2D eigenvalue weighted by molar-refractivity contribution is 0.469. The van der Waals surface area contributed by atoms with Crippen molar-refractivity contribution in [3.63, 3.8) is 0 Å². The van der Waals surface area contributed by atoms with Gasteiger partial charge >= 0.3 is 0 Å². The van der Waals surface area contributed by atoms with E-state index in [9.17, 15) is 5.11 Å². The fraction of sp³-hybridized carbons (Fsp3) is 0.235. The molecule has 1 aliphatic rings. The van der Waals surface area contributed by atoms with Crippen molar-refractivity contribution in [3.05, 3.63) is 58.6 Å². The van der Waals surface area contributed by atoms with Crippen molar-refractivity contribution in [1.29, 1.82) is 0 Å². The van der Waals surface area contributed by atoms with Crippen LogP contribution in [-0.4, -0.2) is 10.1 Å². The van der Waals surface area contributed by atoms with Crippen LogP contribution in [0.3, 0.4) is 0 Å². The fourth-order valence-corrected chi connectivity index (χ4v) is 3.97. The summed E-state index contributed by atoms with van der Waals surface area (Å²) in [5, 5.41) is 14.6. The Balaban J connectivity index is 1.52. The second kappa shape index (κ2) is 5.13. The number of para-hydroxylation sites is 1. The number of phenols is 1. The van der Waals surface area contributed by atoms with E-state index < -0.39 is 0 Å². The molecule has 1 unspecified atom stereocenters. The summed E-state index contributed by atoms with van der Waals surface area (Å²) in [5.74, 6) is 0.428. The Labute approximate surface area is 127 Å². The third kappa shape index (κ3) is 2.30. The van der Waals surface area contributed by atoms with E-state index in [-0.39, 0.29) is 0 Å². The number of hydrogen-bond donors (Lipinski definition) is 2. The lowest BCUT2D eigenvalue weighted by Crippen LogP contribution is -2.18. The molecule has 3 aromatic rings. The number of aromatic nitrogens is 1. The van der Waals surface area contributed by atoms with Gasteiger partial charge < -0.3 is 10.4 Å². The number of phenolic OH excluding ortho intramolecular Hbond substituents is 1. The Kier molecular flexibility index (Phi) is 3.13. The molecular formula is C17H16N2OS. The summed E-state index contributed by atoms with van der Waals surface area (Å²) >= 11 is 1.74. The molecule has 106 valence electrons. The molecule has 0 saturated heterocycles. The molecule has 0 spiro atoms. The summed E-state index contributed by atoms with van der Waals surface area (Å²) < 4.78 is 1.23. The normalized spacial score (nSPS) is 17.2. The summed E-state index contributed by atoms with van der Waals surface area (Å²) in [5.41, 5.74) is 3.40. The minimum atomic E-state index is 0.319. The second-order valence-electron chi connectivity index (χ2n) is 5.39. The first-order valence-electron chi connectivity index (χ1n) is 7.20. The van der Waals surface area contributed by atoms with E-state index in [4.69, 9.17) is 0 Å². The van der Waals surface area contributed by atoms with E-state index in [1.54, 1.807) is 17.4 Å². The van der Waals surface area contributed by atoms with Gasteiger partial charge in [-0.25, -0.2) is 4.98 Å². The quantitative estimate of drug-likeness (QED) is 0.773. The Hall–Kier alpha value is -1.91. The van der Waals surface area contributed by atoms with E-state index in [1.807, 2.05) is 18.2 Å². The van der Waals surface area contributed by atoms with Crippen molar-refractivity contribution in [1.82, 2.24) is 10.3 Å². The van der Waals surface area contributed by atoms with Crippen LogP contribution in [0.1, 0.15) is 28.6 Å². The Bertz CT molecular complexity index is 763. The lowest BCUT2D eigenvalue weighted by Gasteiger charge is -2.13. The number of hydrogen-bond acceptors (Lipinski definition) is 4. The Morgan fingerprint density at radius 3 is 3.00 bits per heavy atom. The highest BCUT2D eigenvalue weighted by molar-refractivity contribution is 7.18. The van der Waals surface area contributed by atoms with Crippen LogP contribution in [0.25, 0.3) is 10.2 Å². The maximum Gasteiger partial charge on any atom is 0.119 e. The summed E-state index contributed by atoms with van der Waals surface area (Å²) in [4.78, 5) is 4.65. The fourth-order valence-electron chi connectivity index (χ4n) is 3.05. The molecule has 1 atom stereocenters. The van der Waals surface area contributed by atoms with Crippen LogP contribution in [-0.2, 0) is 13.0 Å². The van der Waals surface area contributed by atoms with Gasteiger partial charge in [0.05, 0.1) is 10.2 Å². The van der Waals surface area contributed by atoms with Gasteiger partial charge in [-0.15, -0.1) is 11.3 Å². The zero-order chi connectivity index (χ0) is 14.2. The van der Waals surface area contributed by atoms with Crippen LogP contribution in [0.2, 0.25) is 0 Å². The van der Waals surface area contributed by atoms with Crippen LogP contribution in [0, 0.1) is 0 Å². The molecule has 4 rings (SSSR count). The molecule has 1 aromatic heterocycles. The molecule has 1 aliphatic carbocycles. The van der Waals surface area contributed by atoms with Gasteiger partial charge in [0.25, 0.3) is 0 Å². The SMILES string of the molecule is Oc1cccc2c1CCC2NCc1nc2ccccc2s1. The molecule has 0 saturated carbocycles. The number of aromatic hydroxyl groups is 1. The number of nitrogens with one attached hydrogen (secondary N) is 1. The van der Waals surface area contributed by atoms with E-state index in [0.29, 0.717) is 11.8 Å². The van der Waals surface area contributed by atoms with Crippen molar-refractivity contribution in [2.45, 2.75) is 25.4 Å². The molecular weight excluding hydrogens is 280 g/mol. The minimum Gasteiger partial charge on any atom is -0.508 e. The molecule has 2 aromatic carbocycles. The molecule has 0 amide bonds. The van der Waals surface area contributed by atoms with Crippen molar-refractivity contribution in [2.75, 3.05) is 0 Å². The number of rotatable bonds is 3. The smallest absolute Gasteiger partial charge is 0.119 e.